The van der Waals surface area contributed by atoms with Gasteiger partial charge in [0.2, 0.25) is 11.7 Å². The Labute approximate surface area is 125 Å². The normalized spacial score (nSPS) is 11.6. The van der Waals surface area contributed by atoms with E-state index in [1.54, 1.807) is 0 Å². The van der Waals surface area contributed by atoms with Crippen molar-refractivity contribution in [2.75, 3.05) is 11.9 Å². The summed E-state index contributed by atoms with van der Waals surface area (Å²) in [4.78, 5) is 4.49. The van der Waals surface area contributed by atoms with Crippen LogP contribution in [0.25, 0.3) is 0 Å². The third-order valence-electron chi connectivity index (χ3n) is 3.66. The Morgan fingerprint density at radius 2 is 1.86 bits per heavy atom. The number of nitrogens with zero attached hydrogens (tertiary/aromatic N) is 2. The molecule has 114 valence electrons. The Kier molecular flexibility index (Phi) is 5.33. The van der Waals surface area contributed by atoms with Crippen molar-refractivity contribution in [2.24, 2.45) is 0 Å². The summed E-state index contributed by atoms with van der Waals surface area (Å²) in [6.45, 7) is 7.29. The summed E-state index contributed by atoms with van der Waals surface area (Å²) in [6, 6.07) is 9.94. The molecule has 0 unspecified atom stereocenters. The first-order valence-electron chi connectivity index (χ1n) is 7.50. The fourth-order valence-corrected chi connectivity index (χ4v) is 2.36. The predicted molar refractivity (Wildman–Crippen MR) is 82.0 cm³/mol. The van der Waals surface area contributed by atoms with Gasteiger partial charge < -0.3 is 14.6 Å². The maximum Gasteiger partial charge on any atom is 0.246 e. The van der Waals surface area contributed by atoms with E-state index >= 15 is 0 Å². The lowest BCUT2D eigenvalue weighted by atomic mass is 9.96. The van der Waals surface area contributed by atoms with Gasteiger partial charge in [-0.05, 0) is 31.9 Å². The number of hydrogen-bond donors (Lipinski definition) is 1. The maximum absolute atomic E-state index is 5.88. The van der Waals surface area contributed by atoms with Gasteiger partial charge >= 0.3 is 0 Å². The van der Waals surface area contributed by atoms with Crippen molar-refractivity contribution in [1.82, 2.24) is 10.1 Å². The third kappa shape index (κ3) is 3.61. The molecular weight excluding hydrogens is 266 g/mol. The lowest BCUT2D eigenvalue weighted by molar-refractivity contribution is -0.0583. The minimum Gasteiger partial charge on any atom is -0.376 e. The summed E-state index contributed by atoms with van der Waals surface area (Å²) in [5.41, 5.74) is 0.586. The van der Waals surface area contributed by atoms with Crippen LogP contribution >= 0.6 is 0 Å². The number of anilines is 1. The SMILES string of the molecule is CCOC(CC)(CC)c1noc(CNc2ccccc2)n1. The fraction of sp³-hybridized carbons (Fsp3) is 0.500. The number of rotatable bonds is 8. The first kappa shape index (κ1) is 15.5. The van der Waals surface area contributed by atoms with E-state index < -0.39 is 5.60 Å². The second-order valence-corrected chi connectivity index (χ2v) is 4.87. The maximum atomic E-state index is 5.88. The highest BCUT2D eigenvalue weighted by molar-refractivity contribution is 5.42. The Balaban J connectivity index is 2.06. The van der Waals surface area contributed by atoms with Gasteiger partial charge in [-0.2, -0.15) is 4.98 Å². The average Bonchev–Trinajstić information content (AvgIpc) is 3.01. The Hall–Kier alpha value is -1.88. The first-order valence-corrected chi connectivity index (χ1v) is 7.50. The molecule has 0 atom stereocenters. The van der Waals surface area contributed by atoms with Gasteiger partial charge in [-0.25, -0.2) is 0 Å². The van der Waals surface area contributed by atoms with Crippen molar-refractivity contribution < 1.29 is 9.26 Å². The summed E-state index contributed by atoms with van der Waals surface area (Å²) in [7, 11) is 0. The van der Waals surface area contributed by atoms with Gasteiger partial charge in [0.25, 0.3) is 0 Å². The van der Waals surface area contributed by atoms with Crippen molar-refractivity contribution in [3.8, 4) is 0 Å². The Morgan fingerprint density at radius 1 is 1.14 bits per heavy atom. The highest BCUT2D eigenvalue weighted by Crippen LogP contribution is 2.30. The summed E-state index contributed by atoms with van der Waals surface area (Å²) in [6.07, 6.45) is 1.64. The van der Waals surface area contributed by atoms with E-state index in [2.05, 4.69) is 29.3 Å². The zero-order valence-electron chi connectivity index (χ0n) is 12.9. The van der Waals surface area contributed by atoms with Crippen LogP contribution in [0, 0.1) is 0 Å². The summed E-state index contributed by atoms with van der Waals surface area (Å²) >= 11 is 0. The van der Waals surface area contributed by atoms with Crippen LogP contribution in [0.15, 0.2) is 34.9 Å². The van der Waals surface area contributed by atoms with Crippen LogP contribution in [0.3, 0.4) is 0 Å². The van der Waals surface area contributed by atoms with Gasteiger partial charge in [0.1, 0.15) is 5.60 Å². The summed E-state index contributed by atoms with van der Waals surface area (Å²) in [5, 5.41) is 7.37. The van der Waals surface area contributed by atoms with Gasteiger partial charge in [0.15, 0.2) is 0 Å². The molecule has 5 nitrogen and oxygen atoms in total. The number of nitrogens with one attached hydrogen (secondary N) is 1. The van der Waals surface area contributed by atoms with Crippen LogP contribution in [0.2, 0.25) is 0 Å². The number of benzene rings is 1. The van der Waals surface area contributed by atoms with Gasteiger partial charge in [-0.3, -0.25) is 0 Å². The van der Waals surface area contributed by atoms with Crippen molar-refractivity contribution in [1.29, 1.82) is 0 Å². The molecule has 2 rings (SSSR count). The van der Waals surface area contributed by atoms with Crippen LogP contribution in [0.4, 0.5) is 5.69 Å². The average molecular weight is 289 g/mol. The molecule has 0 spiro atoms. The van der Waals surface area contributed by atoms with Crippen LogP contribution in [0.5, 0.6) is 0 Å². The van der Waals surface area contributed by atoms with E-state index in [0.29, 0.717) is 24.9 Å². The predicted octanol–water partition coefficient (Wildman–Crippen LogP) is 3.73. The fourth-order valence-electron chi connectivity index (χ4n) is 2.36. The highest BCUT2D eigenvalue weighted by atomic mass is 16.5. The van der Waals surface area contributed by atoms with Crippen LogP contribution in [0.1, 0.15) is 45.3 Å². The zero-order chi connectivity index (χ0) is 15.1. The summed E-state index contributed by atoms with van der Waals surface area (Å²) in [5.74, 6) is 1.21. The summed E-state index contributed by atoms with van der Waals surface area (Å²) < 4.78 is 11.2. The molecular formula is C16H23N3O2. The standard InChI is InChI=1S/C16H23N3O2/c1-4-16(5-2,20-6-3)15-18-14(21-19-15)12-17-13-10-8-7-9-11-13/h7-11,17H,4-6,12H2,1-3H3. The monoisotopic (exact) mass is 289 g/mol. The molecule has 0 bridgehead atoms. The van der Waals surface area contributed by atoms with Crippen molar-refractivity contribution in [3.63, 3.8) is 0 Å². The van der Waals surface area contributed by atoms with E-state index in [0.717, 1.165) is 18.5 Å². The molecule has 2 aromatic rings. The second kappa shape index (κ2) is 7.22. The molecule has 0 aliphatic rings. The highest BCUT2D eigenvalue weighted by Gasteiger charge is 2.34. The van der Waals surface area contributed by atoms with Crippen LogP contribution in [-0.2, 0) is 16.9 Å². The molecule has 0 fully saturated rings. The minimum atomic E-state index is -0.441. The number of ether oxygens (including phenoxy) is 1. The smallest absolute Gasteiger partial charge is 0.246 e. The van der Waals surface area contributed by atoms with E-state index in [9.17, 15) is 0 Å². The third-order valence-corrected chi connectivity index (χ3v) is 3.66. The number of para-hydroxylation sites is 1. The molecule has 1 N–H and O–H groups in total. The minimum absolute atomic E-state index is 0.441. The molecule has 0 amide bonds. The van der Waals surface area contributed by atoms with Crippen molar-refractivity contribution >= 4 is 5.69 Å². The molecule has 0 radical (unpaired) electrons. The molecule has 0 aliphatic carbocycles. The van der Waals surface area contributed by atoms with Crippen molar-refractivity contribution in [2.45, 2.75) is 45.8 Å². The molecule has 21 heavy (non-hydrogen) atoms. The van der Waals surface area contributed by atoms with Gasteiger partial charge in [-0.15, -0.1) is 0 Å². The van der Waals surface area contributed by atoms with Crippen LogP contribution in [-0.4, -0.2) is 16.7 Å². The molecule has 0 aliphatic heterocycles. The lowest BCUT2D eigenvalue weighted by Crippen LogP contribution is -2.29. The molecule has 1 aromatic heterocycles. The zero-order valence-corrected chi connectivity index (χ0v) is 12.9. The molecule has 1 aromatic carbocycles. The van der Waals surface area contributed by atoms with E-state index in [-0.39, 0.29) is 0 Å². The topological polar surface area (TPSA) is 60.2 Å². The number of aromatic nitrogens is 2. The van der Waals surface area contributed by atoms with Crippen molar-refractivity contribution in [3.05, 3.63) is 42.0 Å². The Morgan fingerprint density at radius 3 is 2.48 bits per heavy atom. The molecule has 1 heterocycles. The van der Waals surface area contributed by atoms with E-state index in [1.807, 2.05) is 37.3 Å². The van der Waals surface area contributed by atoms with Gasteiger partial charge in [0.05, 0.1) is 6.54 Å². The van der Waals surface area contributed by atoms with Gasteiger partial charge in [0, 0.05) is 12.3 Å². The van der Waals surface area contributed by atoms with Crippen LogP contribution < -0.4 is 5.32 Å². The lowest BCUT2D eigenvalue weighted by Gasteiger charge is -2.27. The largest absolute Gasteiger partial charge is 0.376 e. The molecule has 0 saturated carbocycles. The van der Waals surface area contributed by atoms with Gasteiger partial charge in [-0.1, -0.05) is 37.2 Å². The molecule has 0 saturated heterocycles. The molecule has 5 heteroatoms. The first-order chi connectivity index (χ1) is 10.2. The second-order valence-electron chi connectivity index (χ2n) is 4.87. The van der Waals surface area contributed by atoms with E-state index in [1.165, 1.54) is 0 Å². The Bertz CT molecular complexity index is 535. The van der Waals surface area contributed by atoms with E-state index in [4.69, 9.17) is 9.26 Å². The number of hydrogen-bond acceptors (Lipinski definition) is 5. The quantitative estimate of drug-likeness (QED) is 0.802.